The molecule has 2 aromatic carbocycles. The summed E-state index contributed by atoms with van der Waals surface area (Å²) in [5.41, 5.74) is -2.64. The van der Waals surface area contributed by atoms with Crippen molar-refractivity contribution in [1.82, 2.24) is 19.7 Å². The topological polar surface area (TPSA) is 55.1 Å². The second kappa shape index (κ2) is 8.58. The summed E-state index contributed by atoms with van der Waals surface area (Å²) in [5, 5.41) is 7.10. The average molecular weight is 471 g/mol. The molecule has 0 aliphatic carbocycles. The number of halogens is 6. The fourth-order valence-corrected chi connectivity index (χ4v) is 3.69. The Morgan fingerprint density at radius 1 is 0.879 bits per heavy atom. The molecular weight excluding hydrogens is 452 g/mol. The van der Waals surface area contributed by atoms with E-state index in [0.29, 0.717) is 11.8 Å². The van der Waals surface area contributed by atoms with E-state index in [9.17, 15) is 31.1 Å². The molecule has 176 valence electrons. The van der Waals surface area contributed by atoms with Gasteiger partial charge in [0.05, 0.1) is 23.4 Å². The average Bonchev–Trinajstić information content (AvgIpc) is 3.13. The van der Waals surface area contributed by atoms with Crippen LogP contribution in [0.3, 0.4) is 0 Å². The van der Waals surface area contributed by atoms with Crippen molar-refractivity contribution >= 4 is 5.69 Å². The minimum atomic E-state index is -5.03. The number of piperazine rings is 1. The molecule has 2 heterocycles. The Balaban J connectivity index is 1.60. The number of nitrogens with one attached hydrogen (secondary N) is 1. The lowest BCUT2D eigenvalue weighted by Gasteiger charge is -2.29. The van der Waals surface area contributed by atoms with Gasteiger partial charge >= 0.3 is 18.0 Å². The molecule has 0 unspecified atom stereocenters. The minimum Gasteiger partial charge on any atom is -0.369 e. The first-order valence-corrected chi connectivity index (χ1v) is 10.0. The van der Waals surface area contributed by atoms with Crippen LogP contribution >= 0.6 is 0 Å². The van der Waals surface area contributed by atoms with Gasteiger partial charge in [0.2, 0.25) is 0 Å². The Hall–Kier alpha value is -3.28. The molecule has 0 radical (unpaired) electrons. The van der Waals surface area contributed by atoms with Gasteiger partial charge in [-0.3, -0.25) is 0 Å². The highest BCUT2D eigenvalue weighted by molar-refractivity contribution is 5.51. The Bertz CT molecular complexity index is 1170. The quantitative estimate of drug-likeness (QED) is 0.592. The third-order valence-electron chi connectivity index (χ3n) is 5.41. The van der Waals surface area contributed by atoms with Gasteiger partial charge in [-0.15, -0.1) is 0 Å². The summed E-state index contributed by atoms with van der Waals surface area (Å²) in [5.74, 6) is 0. The maximum Gasteiger partial charge on any atom is 0.416 e. The van der Waals surface area contributed by atoms with Crippen molar-refractivity contribution in [3.05, 3.63) is 76.0 Å². The molecule has 0 atom stereocenters. The Morgan fingerprint density at radius 3 is 2.12 bits per heavy atom. The highest BCUT2D eigenvalue weighted by atomic mass is 19.4. The summed E-state index contributed by atoms with van der Waals surface area (Å²) in [6.07, 6.45) is -8.78. The second-order valence-electron chi connectivity index (χ2n) is 7.56. The number of rotatable bonds is 4. The summed E-state index contributed by atoms with van der Waals surface area (Å²) in [6, 6.07) is 8.39. The molecule has 1 aliphatic rings. The summed E-state index contributed by atoms with van der Waals surface area (Å²) in [6.45, 7) is 2.77. The van der Waals surface area contributed by atoms with Crippen molar-refractivity contribution in [1.29, 1.82) is 0 Å². The monoisotopic (exact) mass is 471 g/mol. The molecule has 1 fully saturated rings. The zero-order chi connectivity index (χ0) is 23.8. The van der Waals surface area contributed by atoms with Crippen LogP contribution in [0.25, 0.3) is 5.69 Å². The number of nitrogens with zero attached hydrogens (tertiary/aromatic N) is 4. The van der Waals surface area contributed by atoms with E-state index in [1.807, 2.05) is 12.1 Å². The standard InChI is InChI=1S/C21H19F6N5O/c22-20(23,24)15-2-1-14(18(11-15)21(25,26)27)12-32-19(33)31(13-29-32)17-5-3-16(4-6-17)30-9-7-28-8-10-30/h1-6,11,13,28H,7-10,12H2. The summed E-state index contributed by atoms with van der Waals surface area (Å²) >= 11 is 0. The van der Waals surface area contributed by atoms with Gasteiger partial charge in [0, 0.05) is 31.9 Å². The number of benzene rings is 2. The van der Waals surface area contributed by atoms with Crippen LogP contribution < -0.4 is 15.9 Å². The van der Waals surface area contributed by atoms with Crippen molar-refractivity contribution < 1.29 is 26.3 Å². The zero-order valence-corrected chi connectivity index (χ0v) is 17.1. The minimum absolute atomic E-state index is 0.0478. The third kappa shape index (κ3) is 4.90. The Kier molecular flexibility index (Phi) is 5.95. The molecule has 6 nitrogen and oxygen atoms in total. The van der Waals surface area contributed by atoms with E-state index < -0.39 is 41.3 Å². The largest absolute Gasteiger partial charge is 0.416 e. The highest BCUT2D eigenvalue weighted by Crippen LogP contribution is 2.37. The lowest BCUT2D eigenvalue weighted by atomic mass is 10.0. The van der Waals surface area contributed by atoms with Crippen molar-refractivity contribution in [3.63, 3.8) is 0 Å². The first kappa shape index (κ1) is 22.9. The van der Waals surface area contributed by atoms with E-state index in [4.69, 9.17) is 0 Å². The second-order valence-corrected chi connectivity index (χ2v) is 7.56. The molecule has 4 rings (SSSR count). The van der Waals surface area contributed by atoms with Crippen molar-refractivity contribution in [3.8, 4) is 5.69 Å². The van der Waals surface area contributed by atoms with Crippen molar-refractivity contribution in [2.24, 2.45) is 0 Å². The fourth-order valence-electron chi connectivity index (χ4n) is 3.69. The van der Waals surface area contributed by atoms with E-state index in [2.05, 4.69) is 15.3 Å². The van der Waals surface area contributed by atoms with E-state index >= 15 is 0 Å². The molecule has 1 saturated heterocycles. The number of alkyl halides is 6. The van der Waals surface area contributed by atoms with Gasteiger partial charge in [-0.2, -0.15) is 31.4 Å². The maximum atomic E-state index is 13.4. The molecule has 3 aromatic rings. The highest BCUT2D eigenvalue weighted by Gasteiger charge is 2.38. The fraction of sp³-hybridized carbons (Fsp3) is 0.333. The molecule has 33 heavy (non-hydrogen) atoms. The van der Waals surface area contributed by atoms with Gasteiger partial charge in [0.15, 0.2) is 0 Å². The Morgan fingerprint density at radius 2 is 1.52 bits per heavy atom. The van der Waals surface area contributed by atoms with Gasteiger partial charge in [0.1, 0.15) is 6.33 Å². The molecule has 1 aromatic heterocycles. The number of anilines is 1. The normalized spacial score (nSPS) is 15.2. The van der Waals surface area contributed by atoms with Gasteiger partial charge in [0.25, 0.3) is 0 Å². The van der Waals surface area contributed by atoms with E-state index in [1.54, 1.807) is 12.1 Å². The third-order valence-corrected chi connectivity index (χ3v) is 5.41. The van der Waals surface area contributed by atoms with Crippen LogP contribution in [0.2, 0.25) is 0 Å². The van der Waals surface area contributed by atoms with E-state index in [0.717, 1.165) is 42.6 Å². The first-order valence-electron chi connectivity index (χ1n) is 10.0. The van der Waals surface area contributed by atoms with Gasteiger partial charge in [-0.1, -0.05) is 6.07 Å². The maximum absolute atomic E-state index is 13.4. The lowest BCUT2D eigenvalue weighted by molar-refractivity contribution is -0.143. The van der Waals surface area contributed by atoms with Gasteiger partial charge < -0.3 is 10.2 Å². The molecule has 0 bridgehead atoms. The predicted octanol–water partition coefficient (Wildman–Crippen LogP) is 3.53. The van der Waals surface area contributed by atoms with Crippen LogP contribution in [-0.4, -0.2) is 40.5 Å². The molecule has 0 spiro atoms. The molecule has 12 heteroatoms. The SMILES string of the molecule is O=c1n(-c2ccc(N3CCNCC3)cc2)cnn1Cc1ccc(C(F)(F)F)cc1C(F)(F)F. The summed E-state index contributed by atoms with van der Waals surface area (Å²) < 4.78 is 80.7. The van der Waals surface area contributed by atoms with Gasteiger partial charge in [-0.25, -0.2) is 14.0 Å². The van der Waals surface area contributed by atoms with Crippen LogP contribution in [0.5, 0.6) is 0 Å². The van der Waals surface area contributed by atoms with Crippen LogP contribution in [0.1, 0.15) is 16.7 Å². The van der Waals surface area contributed by atoms with E-state index in [1.165, 1.54) is 10.9 Å². The zero-order valence-electron chi connectivity index (χ0n) is 17.1. The first-order chi connectivity index (χ1) is 15.5. The van der Waals surface area contributed by atoms with Crippen LogP contribution in [0, 0.1) is 0 Å². The van der Waals surface area contributed by atoms with E-state index in [-0.39, 0.29) is 6.07 Å². The summed E-state index contributed by atoms with van der Waals surface area (Å²) in [4.78, 5) is 14.9. The number of hydrogen-bond acceptors (Lipinski definition) is 4. The Labute approximate surface area is 184 Å². The molecule has 1 N–H and O–H groups in total. The molecule has 1 aliphatic heterocycles. The van der Waals surface area contributed by atoms with Crippen LogP contribution in [0.4, 0.5) is 32.0 Å². The number of hydrogen-bond donors (Lipinski definition) is 1. The lowest BCUT2D eigenvalue weighted by Crippen LogP contribution is -2.43. The van der Waals surface area contributed by atoms with Crippen LogP contribution in [0.15, 0.2) is 53.6 Å². The van der Waals surface area contributed by atoms with Crippen molar-refractivity contribution in [2.75, 3.05) is 31.1 Å². The predicted molar refractivity (Wildman–Crippen MR) is 108 cm³/mol. The smallest absolute Gasteiger partial charge is 0.369 e. The molecular formula is C21H19F6N5O. The van der Waals surface area contributed by atoms with Gasteiger partial charge in [-0.05, 0) is 42.0 Å². The molecule has 0 amide bonds. The summed E-state index contributed by atoms with van der Waals surface area (Å²) in [7, 11) is 0. The van der Waals surface area contributed by atoms with Crippen molar-refractivity contribution in [2.45, 2.75) is 18.9 Å². The number of aromatic nitrogens is 3. The molecule has 0 saturated carbocycles. The van der Waals surface area contributed by atoms with Crippen LogP contribution in [-0.2, 0) is 18.9 Å².